The number of nitrogens with one attached hydrogen (secondary N) is 2. The highest BCUT2D eigenvalue weighted by Crippen LogP contribution is 2.28. The van der Waals surface area contributed by atoms with Gasteiger partial charge in [-0.2, -0.15) is 0 Å². The summed E-state index contributed by atoms with van der Waals surface area (Å²) in [6.07, 6.45) is 3.10. The number of hydrogen-bond acceptors (Lipinski definition) is 4. The predicted molar refractivity (Wildman–Crippen MR) is 81.3 cm³/mol. The number of anilines is 1. The Labute approximate surface area is 125 Å². The molecule has 0 atom stereocenters. The van der Waals surface area contributed by atoms with Gasteiger partial charge in [-0.25, -0.2) is 13.1 Å². The van der Waals surface area contributed by atoms with Gasteiger partial charge in [-0.3, -0.25) is 4.79 Å². The van der Waals surface area contributed by atoms with Crippen LogP contribution >= 0.6 is 0 Å². The zero-order chi connectivity index (χ0) is 15.5. The molecule has 1 saturated carbocycles. The van der Waals surface area contributed by atoms with Crippen molar-refractivity contribution in [2.24, 2.45) is 11.7 Å². The maximum Gasteiger partial charge on any atom is 0.242 e. The van der Waals surface area contributed by atoms with Crippen molar-refractivity contribution in [3.63, 3.8) is 0 Å². The molecule has 0 aliphatic heterocycles. The normalized spacial score (nSPS) is 22.7. The fourth-order valence-corrected chi connectivity index (χ4v) is 3.57. The van der Waals surface area contributed by atoms with Crippen LogP contribution in [0.5, 0.6) is 0 Å². The minimum absolute atomic E-state index is 0.0562. The molecule has 0 spiro atoms. The number of primary amides is 1. The molecule has 0 radical (unpaired) electrons. The number of hydrogen-bond donors (Lipinski definition) is 3. The second kappa shape index (κ2) is 6.44. The number of amides is 1. The molecule has 0 bridgehead atoms. The topological polar surface area (TPSA) is 101 Å². The molecule has 21 heavy (non-hydrogen) atoms. The van der Waals surface area contributed by atoms with Crippen molar-refractivity contribution in [3.05, 3.63) is 24.3 Å². The van der Waals surface area contributed by atoms with Crippen LogP contribution in [0.3, 0.4) is 0 Å². The monoisotopic (exact) mass is 311 g/mol. The number of nitrogens with two attached hydrogens (primary N) is 1. The second-order valence-electron chi connectivity index (χ2n) is 5.30. The first kappa shape index (κ1) is 15.8. The van der Waals surface area contributed by atoms with Gasteiger partial charge in [-0.1, -0.05) is 12.1 Å². The van der Waals surface area contributed by atoms with Crippen LogP contribution in [0, 0.1) is 5.92 Å². The summed E-state index contributed by atoms with van der Waals surface area (Å²) in [4.78, 5) is 11.4. The molecular formula is C14H21N3O3S. The largest absolute Gasteiger partial charge is 0.381 e. The number of rotatable bonds is 5. The van der Waals surface area contributed by atoms with Crippen molar-refractivity contribution in [1.29, 1.82) is 0 Å². The summed E-state index contributed by atoms with van der Waals surface area (Å²) in [5.41, 5.74) is 5.91. The smallest absolute Gasteiger partial charge is 0.242 e. The molecule has 1 aromatic rings. The summed E-state index contributed by atoms with van der Waals surface area (Å²) < 4.78 is 26.3. The van der Waals surface area contributed by atoms with Gasteiger partial charge in [0.15, 0.2) is 0 Å². The van der Waals surface area contributed by atoms with Crippen molar-refractivity contribution < 1.29 is 13.2 Å². The molecule has 4 N–H and O–H groups in total. The van der Waals surface area contributed by atoms with Crippen LogP contribution in [0.1, 0.15) is 25.7 Å². The number of benzene rings is 1. The number of carbonyl (C=O) groups is 1. The van der Waals surface area contributed by atoms with Crippen LogP contribution < -0.4 is 15.8 Å². The molecule has 2 rings (SSSR count). The SMILES string of the molecule is CNS(=O)(=O)c1ccccc1NC1CCC(C(N)=O)CC1. The highest BCUT2D eigenvalue weighted by molar-refractivity contribution is 7.89. The van der Waals surface area contributed by atoms with Crippen molar-refractivity contribution >= 4 is 21.6 Å². The van der Waals surface area contributed by atoms with Gasteiger partial charge in [0.1, 0.15) is 4.90 Å². The van der Waals surface area contributed by atoms with Crippen LogP contribution in [0.4, 0.5) is 5.69 Å². The van der Waals surface area contributed by atoms with Gasteiger partial charge >= 0.3 is 0 Å². The minimum atomic E-state index is -3.49. The van der Waals surface area contributed by atoms with Crippen LogP contribution in [0.25, 0.3) is 0 Å². The lowest BCUT2D eigenvalue weighted by molar-refractivity contribution is -0.122. The Morgan fingerprint density at radius 3 is 2.38 bits per heavy atom. The van der Waals surface area contributed by atoms with E-state index in [1.54, 1.807) is 24.3 Å². The summed E-state index contributed by atoms with van der Waals surface area (Å²) in [5.74, 6) is -0.300. The van der Waals surface area contributed by atoms with Gasteiger partial charge in [0.2, 0.25) is 15.9 Å². The van der Waals surface area contributed by atoms with Gasteiger partial charge in [0.05, 0.1) is 5.69 Å². The van der Waals surface area contributed by atoms with E-state index in [4.69, 9.17) is 5.73 Å². The summed E-state index contributed by atoms with van der Waals surface area (Å²) in [6, 6.07) is 6.98. The van der Waals surface area contributed by atoms with Crippen molar-refractivity contribution in [2.45, 2.75) is 36.6 Å². The van der Waals surface area contributed by atoms with E-state index >= 15 is 0 Å². The van der Waals surface area contributed by atoms with Gasteiger partial charge in [0, 0.05) is 12.0 Å². The number of sulfonamides is 1. The van der Waals surface area contributed by atoms with Crippen LogP contribution in [0.15, 0.2) is 29.2 Å². The molecular weight excluding hydrogens is 290 g/mol. The van der Waals surface area contributed by atoms with Gasteiger partial charge in [-0.15, -0.1) is 0 Å². The maximum atomic E-state index is 12.0. The Hall–Kier alpha value is -1.60. The lowest BCUT2D eigenvalue weighted by Gasteiger charge is -2.28. The Bertz CT molecular complexity index is 608. The third kappa shape index (κ3) is 3.74. The molecule has 0 unspecified atom stereocenters. The molecule has 7 heteroatoms. The quantitative estimate of drug-likeness (QED) is 0.756. The van der Waals surface area contributed by atoms with E-state index in [2.05, 4.69) is 10.0 Å². The second-order valence-corrected chi connectivity index (χ2v) is 7.15. The lowest BCUT2D eigenvalue weighted by Crippen LogP contribution is -2.33. The zero-order valence-corrected chi connectivity index (χ0v) is 12.8. The first-order valence-electron chi connectivity index (χ1n) is 7.02. The molecule has 1 aliphatic carbocycles. The van der Waals surface area contributed by atoms with E-state index < -0.39 is 10.0 Å². The Morgan fingerprint density at radius 2 is 1.81 bits per heavy atom. The molecule has 1 aliphatic rings. The van der Waals surface area contributed by atoms with E-state index in [1.807, 2.05) is 0 Å². The standard InChI is InChI=1S/C14H21N3O3S/c1-16-21(19,20)13-5-3-2-4-12(13)17-11-8-6-10(7-9-11)14(15)18/h2-5,10-11,16-17H,6-9H2,1H3,(H2,15,18). The highest BCUT2D eigenvalue weighted by atomic mass is 32.2. The average Bonchev–Trinajstić information content (AvgIpc) is 2.48. The molecule has 1 amide bonds. The molecule has 6 nitrogen and oxygen atoms in total. The number of carbonyl (C=O) groups excluding carboxylic acids is 1. The zero-order valence-electron chi connectivity index (χ0n) is 12.0. The molecule has 0 heterocycles. The van der Waals surface area contributed by atoms with Gasteiger partial charge < -0.3 is 11.1 Å². The Kier molecular flexibility index (Phi) is 4.84. The van der Waals surface area contributed by atoms with Gasteiger partial charge in [0.25, 0.3) is 0 Å². The maximum absolute atomic E-state index is 12.0. The third-order valence-electron chi connectivity index (χ3n) is 3.93. The fraction of sp³-hybridized carbons (Fsp3) is 0.500. The predicted octanol–water partition coefficient (Wildman–Crippen LogP) is 1.05. The molecule has 0 aromatic heterocycles. The molecule has 1 fully saturated rings. The first-order valence-corrected chi connectivity index (χ1v) is 8.51. The fourth-order valence-electron chi connectivity index (χ4n) is 2.67. The summed E-state index contributed by atoms with van der Waals surface area (Å²) in [5, 5.41) is 3.28. The van der Waals surface area contributed by atoms with Crippen molar-refractivity contribution in [3.8, 4) is 0 Å². The van der Waals surface area contributed by atoms with E-state index in [0.29, 0.717) is 5.69 Å². The van der Waals surface area contributed by atoms with Gasteiger partial charge in [-0.05, 0) is 44.9 Å². The van der Waals surface area contributed by atoms with Crippen molar-refractivity contribution in [2.75, 3.05) is 12.4 Å². The average molecular weight is 311 g/mol. The molecule has 116 valence electrons. The Morgan fingerprint density at radius 1 is 1.19 bits per heavy atom. The van der Waals surface area contributed by atoms with Crippen molar-refractivity contribution in [1.82, 2.24) is 4.72 Å². The molecule has 0 saturated heterocycles. The first-order chi connectivity index (χ1) is 9.94. The van der Waals surface area contributed by atoms with E-state index in [0.717, 1.165) is 25.7 Å². The van der Waals surface area contributed by atoms with Crippen LogP contribution in [-0.2, 0) is 14.8 Å². The van der Waals surface area contributed by atoms with E-state index in [1.165, 1.54) is 7.05 Å². The summed E-state index contributed by atoms with van der Waals surface area (Å²) >= 11 is 0. The highest BCUT2D eigenvalue weighted by Gasteiger charge is 2.26. The summed E-state index contributed by atoms with van der Waals surface area (Å²) in [6.45, 7) is 0. The van der Waals surface area contributed by atoms with Crippen LogP contribution in [-0.4, -0.2) is 27.4 Å². The minimum Gasteiger partial charge on any atom is -0.381 e. The van der Waals surface area contributed by atoms with E-state index in [9.17, 15) is 13.2 Å². The lowest BCUT2D eigenvalue weighted by atomic mass is 9.85. The summed E-state index contributed by atoms with van der Waals surface area (Å²) in [7, 11) is -2.10. The number of para-hydroxylation sites is 1. The molecule has 1 aromatic carbocycles. The Balaban J connectivity index is 2.10. The third-order valence-corrected chi connectivity index (χ3v) is 5.41. The van der Waals surface area contributed by atoms with Crippen LogP contribution in [0.2, 0.25) is 0 Å². The van der Waals surface area contributed by atoms with E-state index in [-0.39, 0.29) is 22.8 Å².